The fourth-order valence-electron chi connectivity index (χ4n) is 1.98. The number of likely N-dealkylation sites (N-methyl/N-ethyl adjacent to an activating group) is 1. The second-order valence-corrected chi connectivity index (χ2v) is 4.22. The van der Waals surface area contributed by atoms with Crippen molar-refractivity contribution in [2.24, 2.45) is 0 Å². The monoisotopic (exact) mass is 272 g/mol. The van der Waals surface area contributed by atoms with Crippen LogP contribution in [0.5, 0.6) is 5.75 Å². The first-order valence-electron chi connectivity index (χ1n) is 6.81. The molecule has 1 atom stereocenters. The van der Waals surface area contributed by atoms with Crippen molar-refractivity contribution < 1.29 is 9.52 Å². The van der Waals surface area contributed by atoms with Gasteiger partial charge in [-0.05, 0) is 31.3 Å². The lowest BCUT2D eigenvalue weighted by molar-refractivity contribution is 0.474. The number of phenolic OH excluding ortho intramolecular Hbond substituents is 1. The Morgan fingerprint density at radius 2 is 2.05 bits per heavy atom. The molecule has 106 valence electrons. The van der Waals surface area contributed by atoms with Crippen LogP contribution in [0.25, 0.3) is 16.5 Å². The van der Waals surface area contributed by atoms with E-state index in [2.05, 4.69) is 10.6 Å². The highest BCUT2D eigenvalue weighted by atomic mass is 16.3. The van der Waals surface area contributed by atoms with Crippen LogP contribution in [0.4, 0.5) is 0 Å². The summed E-state index contributed by atoms with van der Waals surface area (Å²) in [7, 11) is 1.89. The van der Waals surface area contributed by atoms with Crippen molar-refractivity contribution >= 4 is 16.5 Å². The maximum Gasteiger partial charge on any atom is 0.138 e. The summed E-state index contributed by atoms with van der Waals surface area (Å²) < 4.78 is 5.72. The molecule has 1 aromatic carbocycles. The van der Waals surface area contributed by atoms with E-state index < -0.39 is 0 Å². The normalized spacial score (nSPS) is 17.1. The molecule has 0 aliphatic carbocycles. The summed E-state index contributed by atoms with van der Waals surface area (Å²) in [4.78, 5) is 0. The van der Waals surface area contributed by atoms with Crippen molar-refractivity contribution in [1.29, 1.82) is 0 Å². The van der Waals surface area contributed by atoms with Crippen LogP contribution < -0.4 is 10.6 Å². The molecule has 2 heterocycles. The third-order valence-electron chi connectivity index (χ3n) is 2.99. The standard InChI is InChI=1S/C14H14N2O2.C2H6/c1-15-14-5-3-10(8-16-14)12-6-9-2-4-11(17)7-13(9)18-12;1-2/h2-8,14-17H,1H3;1-2H3. The average molecular weight is 272 g/mol. The van der Waals surface area contributed by atoms with E-state index >= 15 is 0 Å². The average Bonchev–Trinajstić information content (AvgIpc) is 2.92. The number of aromatic hydroxyl groups is 1. The van der Waals surface area contributed by atoms with Crippen molar-refractivity contribution in [2.45, 2.75) is 20.0 Å². The Kier molecular flexibility index (Phi) is 4.48. The van der Waals surface area contributed by atoms with Crippen molar-refractivity contribution in [3.8, 4) is 5.75 Å². The van der Waals surface area contributed by atoms with Gasteiger partial charge in [-0.3, -0.25) is 5.32 Å². The van der Waals surface area contributed by atoms with E-state index in [4.69, 9.17) is 4.42 Å². The molecule has 0 saturated carbocycles. The van der Waals surface area contributed by atoms with Crippen LogP contribution >= 0.6 is 0 Å². The number of phenols is 1. The van der Waals surface area contributed by atoms with Gasteiger partial charge in [-0.25, -0.2) is 0 Å². The molecule has 1 aliphatic rings. The lowest BCUT2D eigenvalue weighted by atomic mass is 10.1. The van der Waals surface area contributed by atoms with Crippen LogP contribution in [0, 0.1) is 0 Å². The summed E-state index contributed by atoms with van der Waals surface area (Å²) in [5.41, 5.74) is 1.67. The van der Waals surface area contributed by atoms with Crippen LogP contribution in [0.1, 0.15) is 19.6 Å². The molecule has 3 N–H and O–H groups in total. The minimum absolute atomic E-state index is 0.155. The van der Waals surface area contributed by atoms with Gasteiger partial charge in [-0.15, -0.1) is 0 Å². The minimum atomic E-state index is 0.155. The molecule has 1 aliphatic heterocycles. The van der Waals surface area contributed by atoms with Crippen molar-refractivity contribution in [3.05, 3.63) is 48.4 Å². The summed E-state index contributed by atoms with van der Waals surface area (Å²) >= 11 is 0. The maximum absolute atomic E-state index is 9.41. The van der Waals surface area contributed by atoms with Crippen LogP contribution in [0.15, 0.2) is 47.0 Å². The summed E-state index contributed by atoms with van der Waals surface area (Å²) in [5, 5.41) is 16.7. The van der Waals surface area contributed by atoms with Gasteiger partial charge < -0.3 is 14.8 Å². The number of furan rings is 1. The van der Waals surface area contributed by atoms with Crippen LogP contribution in [-0.2, 0) is 0 Å². The number of benzene rings is 1. The van der Waals surface area contributed by atoms with Crippen LogP contribution in [-0.4, -0.2) is 18.3 Å². The molecule has 0 radical (unpaired) electrons. The molecule has 3 rings (SSSR count). The molecule has 0 fully saturated rings. The molecule has 2 aromatic rings. The topological polar surface area (TPSA) is 57.4 Å². The van der Waals surface area contributed by atoms with E-state index in [1.54, 1.807) is 12.1 Å². The Labute approximate surface area is 118 Å². The Morgan fingerprint density at radius 1 is 1.25 bits per heavy atom. The summed E-state index contributed by atoms with van der Waals surface area (Å²) in [6.45, 7) is 4.00. The zero-order valence-corrected chi connectivity index (χ0v) is 12.0. The highest BCUT2D eigenvalue weighted by molar-refractivity contribution is 5.85. The smallest absolute Gasteiger partial charge is 0.138 e. The number of hydrogen-bond acceptors (Lipinski definition) is 4. The van der Waals surface area contributed by atoms with Gasteiger partial charge in [0.2, 0.25) is 0 Å². The lowest BCUT2D eigenvalue weighted by Crippen LogP contribution is -2.36. The first-order valence-corrected chi connectivity index (χ1v) is 6.81. The molecule has 1 unspecified atom stereocenters. The minimum Gasteiger partial charge on any atom is -0.508 e. The fraction of sp³-hybridized carbons (Fsp3) is 0.250. The second-order valence-electron chi connectivity index (χ2n) is 4.22. The van der Waals surface area contributed by atoms with Gasteiger partial charge in [0.1, 0.15) is 17.1 Å². The maximum atomic E-state index is 9.41. The zero-order valence-electron chi connectivity index (χ0n) is 12.0. The fourth-order valence-corrected chi connectivity index (χ4v) is 1.98. The van der Waals surface area contributed by atoms with E-state index in [9.17, 15) is 5.11 Å². The number of nitrogens with one attached hydrogen (secondary N) is 2. The van der Waals surface area contributed by atoms with E-state index in [-0.39, 0.29) is 11.9 Å². The molecule has 0 saturated heterocycles. The quantitative estimate of drug-likeness (QED) is 0.785. The number of hydrogen-bond donors (Lipinski definition) is 3. The third-order valence-corrected chi connectivity index (χ3v) is 2.99. The molecule has 20 heavy (non-hydrogen) atoms. The second kappa shape index (κ2) is 6.30. The zero-order chi connectivity index (χ0) is 14.5. The molecule has 0 spiro atoms. The first-order chi connectivity index (χ1) is 9.76. The highest BCUT2D eigenvalue weighted by Crippen LogP contribution is 2.28. The van der Waals surface area contributed by atoms with Gasteiger partial charge in [0.05, 0.1) is 6.17 Å². The Bertz CT molecular complexity index is 641. The van der Waals surface area contributed by atoms with E-state index in [0.29, 0.717) is 5.58 Å². The van der Waals surface area contributed by atoms with E-state index in [0.717, 1.165) is 16.7 Å². The van der Waals surface area contributed by atoms with Gasteiger partial charge in [0, 0.05) is 23.2 Å². The van der Waals surface area contributed by atoms with E-state index in [1.165, 1.54) is 0 Å². The van der Waals surface area contributed by atoms with Crippen molar-refractivity contribution in [2.75, 3.05) is 7.05 Å². The summed E-state index contributed by atoms with van der Waals surface area (Å²) in [6.07, 6.45) is 6.11. The first kappa shape index (κ1) is 14.2. The van der Waals surface area contributed by atoms with Gasteiger partial charge in [-0.2, -0.15) is 0 Å². The van der Waals surface area contributed by atoms with Crippen molar-refractivity contribution in [1.82, 2.24) is 10.6 Å². The number of rotatable bonds is 2. The summed E-state index contributed by atoms with van der Waals surface area (Å²) in [5.74, 6) is 0.999. The highest BCUT2D eigenvalue weighted by Gasteiger charge is 2.11. The van der Waals surface area contributed by atoms with E-state index in [1.807, 2.05) is 51.4 Å². The van der Waals surface area contributed by atoms with Crippen molar-refractivity contribution in [3.63, 3.8) is 0 Å². The van der Waals surface area contributed by atoms with Gasteiger partial charge >= 0.3 is 0 Å². The van der Waals surface area contributed by atoms with Crippen LogP contribution in [0.3, 0.4) is 0 Å². The van der Waals surface area contributed by atoms with Crippen LogP contribution in [0.2, 0.25) is 0 Å². The largest absolute Gasteiger partial charge is 0.508 e. The van der Waals surface area contributed by atoms with Gasteiger partial charge in [-0.1, -0.05) is 19.9 Å². The molecule has 0 amide bonds. The third kappa shape index (κ3) is 2.86. The Morgan fingerprint density at radius 3 is 2.70 bits per heavy atom. The molecule has 4 nitrogen and oxygen atoms in total. The predicted molar refractivity (Wildman–Crippen MR) is 82.3 cm³/mol. The summed E-state index contributed by atoms with van der Waals surface area (Å²) in [6, 6.07) is 7.08. The Hall–Kier alpha value is -2.20. The molecular formula is C16H20N2O2. The van der Waals surface area contributed by atoms with Gasteiger partial charge in [0.15, 0.2) is 0 Å². The molecular weight excluding hydrogens is 252 g/mol. The number of allylic oxidation sites excluding steroid dienone is 2. The predicted octanol–water partition coefficient (Wildman–Crippen LogP) is 3.21. The SMILES string of the molecule is CC.CNC1C=CC(c2cc3ccc(O)cc3o2)=CN1. The Balaban J connectivity index is 0.000000704. The number of dihydropyridines is 1. The lowest BCUT2D eigenvalue weighted by Gasteiger charge is -2.16. The molecule has 0 bridgehead atoms. The molecule has 4 heteroatoms. The van der Waals surface area contributed by atoms with Gasteiger partial charge in [0.25, 0.3) is 0 Å². The number of fused-ring (bicyclic) bond motifs is 1. The molecule has 1 aromatic heterocycles.